The minimum absolute atomic E-state index is 0.358. The van der Waals surface area contributed by atoms with Crippen molar-refractivity contribution in [2.45, 2.75) is 0 Å². The lowest BCUT2D eigenvalue weighted by Crippen LogP contribution is -2.52. The predicted molar refractivity (Wildman–Crippen MR) is 90.9 cm³/mol. The number of hydrazine groups is 2. The van der Waals surface area contributed by atoms with Crippen molar-refractivity contribution in [2.24, 2.45) is 5.73 Å². The van der Waals surface area contributed by atoms with Crippen LogP contribution in [0.2, 0.25) is 0 Å². The van der Waals surface area contributed by atoms with E-state index in [0.717, 1.165) is 26.2 Å². The van der Waals surface area contributed by atoms with Gasteiger partial charge in [0.05, 0.1) is 6.54 Å². The van der Waals surface area contributed by atoms with E-state index in [2.05, 4.69) is 46.7 Å². The zero-order valence-electron chi connectivity index (χ0n) is 9.98. The van der Waals surface area contributed by atoms with E-state index in [9.17, 15) is 0 Å². The van der Waals surface area contributed by atoms with Gasteiger partial charge in [0.2, 0.25) is 0 Å². The zero-order chi connectivity index (χ0) is 13.8. The summed E-state index contributed by atoms with van der Waals surface area (Å²) in [4.78, 5) is 0. The molecule has 0 fully saturated rings. The fraction of sp³-hybridized carbons (Fsp3) is 0.750. The first-order valence-corrected chi connectivity index (χ1v) is 7.15. The van der Waals surface area contributed by atoms with Gasteiger partial charge >= 0.3 is 0 Å². The quantitative estimate of drug-likeness (QED) is 0.118. The molecule has 0 saturated heterocycles. The third kappa shape index (κ3) is 12.8. The average Bonchev–Trinajstić information content (AvgIpc) is 2.26. The van der Waals surface area contributed by atoms with Crippen molar-refractivity contribution in [3.63, 3.8) is 0 Å². The SMILES string of the molecule is NCCNCCNCCN(NC(=S)S)NC(=S)S. The van der Waals surface area contributed by atoms with Gasteiger partial charge in [-0.3, -0.25) is 10.9 Å². The maximum Gasteiger partial charge on any atom is 0.146 e. The summed E-state index contributed by atoms with van der Waals surface area (Å²) in [5.74, 6) is 0. The van der Waals surface area contributed by atoms with Gasteiger partial charge < -0.3 is 16.4 Å². The Morgan fingerprint density at radius 1 is 0.944 bits per heavy atom. The van der Waals surface area contributed by atoms with E-state index in [1.807, 2.05) is 0 Å². The van der Waals surface area contributed by atoms with Crippen LogP contribution in [0.4, 0.5) is 0 Å². The number of thiol groups is 2. The van der Waals surface area contributed by atoms with E-state index >= 15 is 0 Å². The summed E-state index contributed by atoms with van der Waals surface area (Å²) in [5, 5.41) is 8.08. The van der Waals surface area contributed by atoms with Gasteiger partial charge in [-0.1, -0.05) is 24.4 Å². The maximum atomic E-state index is 5.36. The number of thiocarbonyl (C=S) groups is 2. The van der Waals surface area contributed by atoms with Crippen LogP contribution in [-0.4, -0.2) is 53.0 Å². The van der Waals surface area contributed by atoms with Crippen LogP contribution >= 0.6 is 49.7 Å². The smallest absolute Gasteiger partial charge is 0.146 e. The number of nitrogens with one attached hydrogen (secondary N) is 4. The van der Waals surface area contributed by atoms with Gasteiger partial charge in [0.15, 0.2) is 0 Å². The van der Waals surface area contributed by atoms with Crippen LogP contribution < -0.4 is 27.2 Å². The summed E-state index contributed by atoms with van der Waals surface area (Å²) in [6.07, 6.45) is 0. The van der Waals surface area contributed by atoms with Crippen LogP contribution in [0.5, 0.6) is 0 Å². The molecule has 0 saturated carbocycles. The van der Waals surface area contributed by atoms with E-state index in [4.69, 9.17) is 30.2 Å². The number of rotatable bonds is 10. The summed E-state index contributed by atoms with van der Waals surface area (Å²) < 4.78 is 0.716. The summed E-state index contributed by atoms with van der Waals surface area (Å²) in [6.45, 7) is 4.65. The Morgan fingerprint density at radius 3 is 1.89 bits per heavy atom. The van der Waals surface area contributed by atoms with Gasteiger partial charge in [0.25, 0.3) is 0 Å². The lowest BCUT2D eigenvalue weighted by Gasteiger charge is -2.23. The molecular formula is C8H20N6S4. The highest BCUT2D eigenvalue weighted by molar-refractivity contribution is 8.11. The van der Waals surface area contributed by atoms with Gasteiger partial charge in [-0.25, -0.2) is 0 Å². The van der Waals surface area contributed by atoms with Crippen LogP contribution in [0.25, 0.3) is 0 Å². The first-order valence-electron chi connectivity index (χ1n) is 5.44. The van der Waals surface area contributed by atoms with Gasteiger partial charge in [-0.05, 0) is 0 Å². The van der Waals surface area contributed by atoms with Crippen molar-refractivity contribution >= 4 is 58.3 Å². The van der Waals surface area contributed by atoms with Crippen molar-refractivity contribution in [2.75, 3.05) is 39.3 Å². The fourth-order valence-electron chi connectivity index (χ4n) is 1.09. The standard InChI is InChI=1S/C8H20N6S4/c9-1-2-10-3-4-11-5-6-14(12-7(15)16)13-8(17)18/h10-11H,1-6,9H2,(H2,12,15,16)(H2,13,17,18). The van der Waals surface area contributed by atoms with E-state index in [1.54, 1.807) is 5.12 Å². The minimum atomic E-state index is 0.358. The average molecular weight is 329 g/mol. The first kappa shape index (κ1) is 18.3. The molecule has 0 bridgehead atoms. The Bertz CT molecular complexity index is 236. The van der Waals surface area contributed by atoms with Gasteiger partial charge in [0.1, 0.15) is 8.64 Å². The number of nitrogens with two attached hydrogens (primary N) is 1. The lowest BCUT2D eigenvalue weighted by molar-refractivity contribution is 0.203. The Morgan fingerprint density at radius 2 is 1.44 bits per heavy atom. The highest BCUT2D eigenvalue weighted by atomic mass is 32.1. The van der Waals surface area contributed by atoms with Gasteiger partial charge in [0, 0.05) is 32.7 Å². The third-order valence-electron chi connectivity index (χ3n) is 1.77. The summed E-state index contributed by atoms with van der Waals surface area (Å²) >= 11 is 17.6. The molecule has 0 aromatic carbocycles. The van der Waals surface area contributed by atoms with Crippen LogP contribution in [0.15, 0.2) is 0 Å². The molecule has 0 aromatic heterocycles. The molecule has 10 heteroatoms. The van der Waals surface area contributed by atoms with Crippen molar-refractivity contribution in [3.8, 4) is 0 Å². The molecule has 0 aliphatic rings. The molecule has 106 valence electrons. The van der Waals surface area contributed by atoms with E-state index in [1.165, 1.54) is 0 Å². The monoisotopic (exact) mass is 328 g/mol. The Hall–Kier alpha value is 0.320. The zero-order valence-corrected chi connectivity index (χ0v) is 13.4. The third-order valence-corrected chi connectivity index (χ3v) is 2.16. The van der Waals surface area contributed by atoms with Crippen molar-refractivity contribution in [1.82, 2.24) is 26.6 Å². The van der Waals surface area contributed by atoms with Crippen molar-refractivity contribution in [1.29, 1.82) is 0 Å². The Balaban J connectivity index is 3.62. The molecule has 0 aromatic rings. The molecule has 0 heterocycles. The van der Waals surface area contributed by atoms with Crippen LogP contribution in [0.1, 0.15) is 0 Å². The Labute approximate surface area is 130 Å². The van der Waals surface area contributed by atoms with Gasteiger partial charge in [-0.2, -0.15) is 0 Å². The molecule has 0 rings (SSSR count). The van der Waals surface area contributed by atoms with E-state index in [0.29, 0.717) is 21.7 Å². The lowest BCUT2D eigenvalue weighted by atomic mass is 10.5. The molecular weight excluding hydrogens is 308 g/mol. The second-order valence-electron chi connectivity index (χ2n) is 3.27. The topological polar surface area (TPSA) is 77.4 Å². The number of hydrogen-bond acceptors (Lipinski definition) is 6. The van der Waals surface area contributed by atoms with Crippen LogP contribution in [-0.2, 0) is 0 Å². The summed E-state index contributed by atoms with van der Waals surface area (Å²) in [6, 6.07) is 0. The highest BCUT2D eigenvalue weighted by Gasteiger charge is 2.04. The molecule has 0 atom stereocenters. The van der Waals surface area contributed by atoms with E-state index < -0.39 is 0 Å². The molecule has 6 nitrogen and oxygen atoms in total. The number of nitrogens with zero attached hydrogens (tertiary/aromatic N) is 1. The Kier molecular flexibility index (Phi) is 12.6. The summed E-state index contributed by atoms with van der Waals surface area (Å²) in [5.41, 5.74) is 11.0. The second kappa shape index (κ2) is 12.4. The first-order chi connectivity index (χ1) is 8.56. The normalized spacial score (nSPS) is 10.4. The van der Waals surface area contributed by atoms with Crippen LogP contribution in [0, 0.1) is 0 Å². The molecule has 0 amide bonds. The van der Waals surface area contributed by atoms with Crippen molar-refractivity contribution < 1.29 is 0 Å². The maximum absolute atomic E-state index is 5.36. The molecule has 6 N–H and O–H groups in total. The molecule has 0 radical (unpaired) electrons. The molecule has 18 heavy (non-hydrogen) atoms. The molecule has 0 aliphatic heterocycles. The highest BCUT2D eigenvalue weighted by Crippen LogP contribution is 1.85. The molecule has 0 aliphatic carbocycles. The predicted octanol–water partition coefficient (Wildman–Crippen LogP) is -1.14. The molecule has 0 spiro atoms. The summed E-state index contributed by atoms with van der Waals surface area (Å²) in [7, 11) is 0. The number of hydrogen-bond donors (Lipinski definition) is 7. The largest absolute Gasteiger partial charge is 0.329 e. The van der Waals surface area contributed by atoms with Gasteiger partial charge in [-0.15, -0.1) is 30.4 Å². The van der Waals surface area contributed by atoms with Crippen LogP contribution in [0.3, 0.4) is 0 Å². The minimum Gasteiger partial charge on any atom is -0.329 e. The fourth-order valence-corrected chi connectivity index (χ4v) is 1.55. The van der Waals surface area contributed by atoms with Crippen molar-refractivity contribution in [3.05, 3.63) is 0 Å². The van der Waals surface area contributed by atoms with E-state index in [-0.39, 0.29) is 0 Å². The second-order valence-corrected chi connectivity index (χ2v) is 5.59. The molecule has 0 unspecified atom stereocenters.